The number of carbonyl (C=O) groups is 1. The van der Waals surface area contributed by atoms with Crippen LogP contribution in [0.4, 0.5) is 0 Å². The van der Waals surface area contributed by atoms with Gasteiger partial charge < -0.3 is 9.84 Å². The monoisotopic (exact) mass is 263 g/mol. The van der Waals surface area contributed by atoms with E-state index in [4.69, 9.17) is 0 Å². The second-order valence-corrected chi connectivity index (χ2v) is 4.33. The van der Waals surface area contributed by atoms with Crippen molar-refractivity contribution in [3.8, 4) is 0 Å². The topological polar surface area (TPSA) is 94.3 Å². The molecule has 1 heterocycles. The van der Waals surface area contributed by atoms with Crippen LogP contribution in [0.25, 0.3) is 10.9 Å². The lowest BCUT2D eigenvalue weighted by Crippen LogP contribution is -2.44. The van der Waals surface area contributed by atoms with Gasteiger partial charge in [-0.15, -0.1) is 5.10 Å². The molecule has 0 spiro atoms. The van der Waals surface area contributed by atoms with Gasteiger partial charge in [0.2, 0.25) is 0 Å². The zero-order valence-corrected chi connectivity index (χ0v) is 10.5. The smallest absolute Gasteiger partial charge is 0.339 e. The van der Waals surface area contributed by atoms with Crippen molar-refractivity contribution in [2.45, 2.75) is 19.1 Å². The number of hydrogen-bond acceptors (Lipinski definition) is 6. The number of carbonyl (C=O) groups excluding carboxylic acids is 1. The van der Waals surface area contributed by atoms with Crippen LogP contribution in [0.1, 0.15) is 6.92 Å². The Morgan fingerprint density at radius 2 is 2.16 bits per heavy atom. The van der Waals surface area contributed by atoms with Gasteiger partial charge in [-0.3, -0.25) is 4.79 Å². The number of nitrogens with zero attached hydrogens (tertiary/aromatic N) is 3. The second kappa shape index (κ2) is 4.77. The van der Waals surface area contributed by atoms with E-state index in [1.54, 1.807) is 24.3 Å². The number of ether oxygens (including phenoxy) is 1. The number of fused-ring (bicyclic) bond motifs is 1. The number of methoxy groups -OCH3 is 1. The quantitative estimate of drug-likeness (QED) is 0.765. The first-order valence-electron chi connectivity index (χ1n) is 5.59. The lowest BCUT2D eigenvalue weighted by molar-refractivity contribution is -0.162. The molecular weight excluding hydrogens is 250 g/mol. The molecule has 0 aliphatic heterocycles. The summed E-state index contributed by atoms with van der Waals surface area (Å²) < 4.78 is 5.41. The van der Waals surface area contributed by atoms with Crippen molar-refractivity contribution in [2.24, 2.45) is 0 Å². The van der Waals surface area contributed by atoms with Crippen LogP contribution in [-0.2, 0) is 16.1 Å². The number of hydrogen-bond donors (Lipinski definition) is 1. The summed E-state index contributed by atoms with van der Waals surface area (Å²) in [6.07, 6.45) is 0. The van der Waals surface area contributed by atoms with E-state index >= 15 is 0 Å². The van der Waals surface area contributed by atoms with Crippen LogP contribution in [-0.4, -0.2) is 38.8 Å². The van der Waals surface area contributed by atoms with Crippen LogP contribution >= 0.6 is 0 Å². The third-order valence-electron chi connectivity index (χ3n) is 2.71. The Labute approximate surface area is 108 Å². The SMILES string of the molecule is COC(=O)C(C)(O)Cn1nnc2ccccc2c1=O. The van der Waals surface area contributed by atoms with Crippen molar-refractivity contribution >= 4 is 16.9 Å². The summed E-state index contributed by atoms with van der Waals surface area (Å²) in [5.41, 5.74) is -1.80. The highest BCUT2D eigenvalue weighted by Crippen LogP contribution is 2.09. The largest absolute Gasteiger partial charge is 0.467 e. The molecule has 0 aliphatic carbocycles. The van der Waals surface area contributed by atoms with Gasteiger partial charge in [0.25, 0.3) is 5.56 Å². The van der Waals surface area contributed by atoms with Gasteiger partial charge in [0.1, 0.15) is 5.52 Å². The molecule has 0 fully saturated rings. The van der Waals surface area contributed by atoms with Gasteiger partial charge in [-0.1, -0.05) is 17.3 Å². The molecule has 0 amide bonds. The van der Waals surface area contributed by atoms with E-state index in [0.29, 0.717) is 10.9 Å². The van der Waals surface area contributed by atoms with Gasteiger partial charge in [-0.05, 0) is 19.1 Å². The molecule has 1 unspecified atom stereocenters. The molecule has 1 atom stereocenters. The van der Waals surface area contributed by atoms with Crippen molar-refractivity contribution in [1.82, 2.24) is 15.0 Å². The van der Waals surface area contributed by atoms with Crippen LogP contribution in [0.15, 0.2) is 29.1 Å². The predicted molar refractivity (Wildman–Crippen MR) is 66.4 cm³/mol. The molecule has 0 bridgehead atoms. The van der Waals surface area contributed by atoms with Gasteiger partial charge in [0.15, 0.2) is 5.60 Å². The average Bonchev–Trinajstić information content (AvgIpc) is 2.41. The third kappa shape index (κ3) is 2.45. The van der Waals surface area contributed by atoms with Crippen molar-refractivity contribution in [1.29, 1.82) is 0 Å². The number of benzene rings is 1. The van der Waals surface area contributed by atoms with E-state index in [0.717, 1.165) is 11.8 Å². The highest BCUT2D eigenvalue weighted by molar-refractivity contribution is 5.79. The highest BCUT2D eigenvalue weighted by atomic mass is 16.5. The molecule has 7 nitrogen and oxygen atoms in total. The Morgan fingerprint density at radius 1 is 1.47 bits per heavy atom. The lowest BCUT2D eigenvalue weighted by atomic mass is 10.1. The van der Waals surface area contributed by atoms with Crippen LogP contribution < -0.4 is 5.56 Å². The van der Waals surface area contributed by atoms with E-state index in [2.05, 4.69) is 15.0 Å². The number of aromatic nitrogens is 3. The van der Waals surface area contributed by atoms with Gasteiger partial charge in [0.05, 0.1) is 19.0 Å². The number of esters is 1. The molecule has 0 saturated carbocycles. The van der Waals surface area contributed by atoms with Crippen LogP contribution in [0.5, 0.6) is 0 Å². The minimum atomic E-state index is -1.84. The first kappa shape index (κ1) is 13.2. The average molecular weight is 263 g/mol. The zero-order valence-electron chi connectivity index (χ0n) is 10.5. The summed E-state index contributed by atoms with van der Waals surface area (Å²) in [4.78, 5) is 23.5. The molecule has 1 N–H and O–H groups in total. The summed E-state index contributed by atoms with van der Waals surface area (Å²) in [6, 6.07) is 6.71. The third-order valence-corrected chi connectivity index (χ3v) is 2.71. The fourth-order valence-corrected chi connectivity index (χ4v) is 1.70. The summed E-state index contributed by atoms with van der Waals surface area (Å²) in [6.45, 7) is 0.929. The Kier molecular flexibility index (Phi) is 3.30. The Morgan fingerprint density at radius 3 is 2.84 bits per heavy atom. The first-order valence-corrected chi connectivity index (χ1v) is 5.59. The Hall–Kier alpha value is -2.28. The van der Waals surface area contributed by atoms with Crippen molar-refractivity contribution in [2.75, 3.05) is 7.11 Å². The van der Waals surface area contributed by atoms with E-state index in [1.807, 2.05) is 0 Å². The first-order chi connectivity index (χ1) is 8.95. The Bertz CT molecular complexity index is 678. The van der Waals surface area contributed by atoms with Crippen LogP contribution in [0, 0.1) is 0 Å². The summed E-state index contributed by atoms with van der Waals surface area (Å²) >= 11 is 0. The fourth-order valence-electron chi connectivity index (χ4n) is 1.70. The van der Waals surface area contributed by atoms with Gasteiger partial charge in [0, 0.05) is 0 Å². The molecule has 1 aromatic heterocycles. The fraction of sp³-hybridized carbons (Fsp3) is 0.333. The zero-order chi connectivity index (χ0) is 14.0. The van der Waals surface area contributed by atoms with Crippen molar-refractivity contribution < 1.29 is 14.6 Å². The van der Waals surface area contributed by atoms with Crippen molar-refractivity contribution in [3.05, 3.63) is 34.6 Å². The summed E-state index contributed by atoms with van der Waals surface area (Å²) in [7, 11) is 1.16. The Balaban J connectivity index is 2.45. The highest BCUT2D eigenvalue weighted by Gasteiger charge is 2.33. The van der Waals surface area contributed by atoms with E-state index in [-0.39, 0.29) is 6.54 Å². The summed E-state index contributed by atoms with van der Waals surface area (Å²) in [5, 5.41) is 17.9. The number of aliphatic hydroxyl groups is 1. The van der Waals surface area contributed by atoms with E-state index < -0.39 is 17.1 Å². The number of rotatable bonds is 3. The molecular formula is C12H13N3O4. The molecule has 2 rings (SSSR count). The van der Waals surface area contributed by atoms with Crippen molar-refractivity contribution in [3.63, 3.8) is 0 Å². The minimum Gasteiger partial charge on any atom is -0.467 e. The molecule has 7 heteroatoms. The molecule has 1 aromatic carbocycles. The lowest BCUT2D eigenvalue weighted by Gasteiger charge is -2.19. The standard InChI is InChI=1S/C12H13N3O4/c1-12(18,11(17)19-2)7-15-10(16)8-5-3-4-6-9(8)13-14-15/h3-6,18H,7H2,1-2H3. The van der Waals surface area contributed by atoms with E-state index in [1.165, 1.54) is 6.92 Å². The molecule has 0 aliphatic rings. The molecule has 0 saturated heterocycles. The second-order valence-electron chi connectivity index (χ2n) is 4.33. The summed E-state index contributed by atoms with van der Waals surface area (Å²) in [5.74, 6) is -0.839. The van der Waals surface area contributed by atoms with Gasteiger partial charge in [-0.25, -0.2) is 9.48 Å². The molecule has 0 radical (unpaired) electrons. The van der Waals surface area contributed by atoms with Crippen LogP contribution in [0.2, 0.25) is 0 Å². The molecule has 19 heavy (non-hydrogen) atoms. The maximum absolute atomic E-state index is 12.1. The maximum atomic E-state index is 12.1. The minimum absolute atomic E-state index is 0.323. The van der Waals surface area contributed by atoms with Crippen LogP contribution in [0.3, 0.4) is 0 Å². The molecule has 2 aromatic rings. The predicted octanol–water partition coefficient (Wildman–Crippen LogP) is -0.285. The van der Waals surface area contributed by atoms with E-state index in [9.17, 15) is 14.7 Å². The maximum Gasteiger partial charge on any atom is 0.339 e. The van der Waals surface area contributed by atoms with Gasteiger partial charge in [-0.2, -0.15) is 0 Å². The molecule has 100 valence electrons. The van der Waals surface area contributed by atoms with Gasteiger partial charge >= 0.3 is 5.97 Å². The normalized spacial score (nSPS) is 14.1.